The molecule has 0 saturated heterocycles. The van der Waals surface area contributed by atoms with Crippen molar-refractivity contribution in [3.05, 3.63) is 223 Å². The van der Waals surface area contributed by atoms with Gasteiger partial charge in [-0.2, -0.15) is 0 Å². The molecule has 13 rings (SSSR count). The van der Waals surface area contributed by atoms with Gasteiger partial charge in [-0.25, -0.2) is 0 Å². The molecule has 0 spiro atoms. The molecule has 2 aromatic heterocycles. The molecule has 0 bridgehead atoms. The van der Waals surface area contributed by atoms with Crippen molar-refractivity contribution in [3.8, 4) is 44.5 Å². The van der Waals surface area contributed by atoms with Gasteiger partial charge in [-0.3, -0.25) is 0 Å². The number of benzene rings is 10. The highest BCUT2D eigenvalue weighted by atomic mass is 16.3. The summed E-state index contributed by atoms with van der Waals surface area (Å²) in [6.07, 6.45) is 0. The summed E-state index contributed by atoms with van der Waals surface area (Å²) in [5.74, 6) is 0. The van der Waals surface area contributed by atoms with Gasteiger partial charge in [0.05, 0.1) is 0 Å². The first-order valence-corrected chi connectivity index (χ1v) is 22.1. The van der Waals surface area contributed by atoms with Crippen LogP contribution in [0.4, 0.5) is 17.1 Å². The maximum absolute atomic E-state index is 6.56. The van der Waals surface area contributed by atoms with Gasteiger partial charge in [0, 0.05) is 49.4 Å². The van der Waals surface area contributed by atoms with E-state index in [2.05, 4.69) is 219 Å². The third-order valence-corrected chi connectivity index (χ3v) is 13.7. The Hall–Kier alpha value is -8.14. The summed E-state index contributed by atoms with van der Waals surface area (Å²) >= 11 is 0. The highest BCUT2D eigenvalue weighted by Crippen LogP contribution is 2.52. The molecule has 12 aromatic rings. The average molecular weight is 820 g/mol. The molecule has 0 amide bonds. The number of nitrogens with zero attached hydrogens (tertiary/aromatic N) is 1. The van der Waals surface area contributed by atoms with Gasteiger partial charge in [-0.15, -0.1) is 0 Å². The van der Waals surface area contributed by atoms with E-state index in [1.807, 2.05) is 12.1 Å². The highest BCUT2D eigenvalue weighted by Gasteiger charge is 2.37. The van der Waals surface area contributed by atoms with Crippen molar-refractivity contribution in [1.82, 2.24) is 0 Å². The summed E-state index contributed by atoms with van der Waals surface area (Å²) < 4.78 is 12.7. The molecule has 1 aliphatic rings. The van der Waals surface area contributed by atoms with E-state index in [4.69, 9.17) is 8.83 Å². The van der Waals surface area contributed by atoms with Gasteiger partial charge in [0.25, 0.3) is 0 Å². The highest BCUT2D eigenvalue weighted by molar-refractivity contribution is 6.19. The van der Waals surface area contributed by atoms with Gasteiger partial charge in [0.2, 0.25) is 0 Å². The molecule has 1 aliphatic carbocycles. The van der Waals surface area contributed by atoms with E-state index in [1.165, 1.54) is 38.8 Å². The van der Waals surface area contributed by atoms with Crippen molar-refractivity contribution in [3.63, 3.8) is 0 Å². The number of para-hydroxylation sites is 1. The normalized spacial score (nSPS) is 13.0. The second kappa shape index (κ2) is 13.9. The summed E-state index contributed by atoms with van der Waals surface area (Å²) in [5.41, 5.74) is 19.3. The van der Waals surface area contributed by atoms with Gasteiger partial charge >= 0.3 is 0 Å². The Morgan fingerprint density at radius 3 is 1.70 bits per heavy atom. The lowest BCUT2D eigenvalue weighted by Gasteiger charge is -2.27. The predicted octanol–water partition coefficient (Wildman–Crippen LogP) is 17.4. The van der Waals surface area contributed by atoms with Gasteiger partial charge in [0.1, 0.15) is 22.3 Å². The van der Waals surface area contributed by atoms with Crippen molar-refractivity contribution in [2.45, 2.75) is 19.3 Å². The number of furan rings is 2. The van der Waals surface area contributed by atoms with Crippen LogP contribution in [0.25, 0.3) is 99.2 Å². The number of hydrogen-bond acceptors (Lipinski definition) is 3. The SMILES string of the molecule is CC1(C)c2ccccc2-c2cccc(-c3ccc(N(c4ccc(-c5ccc6oc7ccccc7c6c5)cc4)c4ccc(-c5cccc6oc7c8ccccc8ccc7c56)cc4)cc3)c21. The molecular weight excluding hydrogens is 779 g/mol. The molecule has 10 aromatic carbocycles. The second-order valence-corrected chi connectivity index (χ2v) is 17.6. The molecule has 0 N–H and O–H groups in total. The van der Waals surface area contributed by atoms with E-state index in [0.29, 0.717) is 0 Å². The molecule has 0 saturated carbocycles. The standard InChI is InChI=1S/C61H41NO2/c1-61(2)54-18-7-5-13-49(54)51-17-9-16-47(59(51)61)41-25-33-45(34-26-41)62(43-29-21-38(22-30-43)42-28-36-56-53(37-42)50-14-6-8-19-55(50)63-56)44-31-23-40(24-32-44)46-15-10-20-57-58(46)52-35-27-39-11-3-4-12-48(39)60(52)64-57/h3-37H,1-2H3. The van der Waals surface area contributed by atoms with E-state index in [-0.39, 0.29) is 5.41 Å². The minimum absolute atomic E-state index is 0.104. The monoisotopic (exact) mass is 819 g/mol. The summed E-state index contributed by atoms with van der Waals surface area (Å²) in [6, 6.07) is 76.7. The first-order valence-electron chi connectivity index (χ1n) is 22.1. The number of fused-ring (bicyclic) bond motifs is 11. The van der Waals surface area contributed by atoms with Crippen LogP contribution in [0.5, 0.6) is 0 Å². The molecule has 0 unspecified atom stereocenters. The Balaban J connectivity index is 0.907. The molecule has 0 radical (unpaired) electrons. The van der Waals surface area contributed by atoms with Crippen molar-refractivity contribution in [2.24, 2.45) is 0 Å². The molecule has 302 valence electrons. The third-order valence-electron chi connectivity index (χ3n) is 13.7. The van der Waals surface area contributed by atoms with Crippen molar-refractivity contribution >= 4 is 71.7 Å². The maximum atomic E-state index is 6.56. The Morgan fingerprint density at radius 2 is 0.922 bits per heavy atom. The van der Waals surface area contributed by atoms with Crippen LogP contribution in [0.15, 0.2) is 221 Å². The molecule has 64 heavy (non-hydrogen) atoms. The molecule has 0 atom stereocenters. The number of hydrogen-bond donors (Lipinski definition) is 0. The maximum Gasteiger partial charge on any atom is 0.143 e. The van der Waals surface area contributed by atoms with E-state index < -0.39 is 0 Å². The van der Waals surface area contributed by atoms with Gasteiger partial charge in [-0.1, -0.05) is 159 Å². The lowest BCUT2D eigenvalue weighted by molar-refractivity contribution is 0.662. The number of rotatable bonds is 6. The zero-order chi connectivity index (χ0) is 42.5. The van der Waals surface area contributed by atoms with Crippen LogP contribution >= 0.6 is 0 Å². The second-order valence-electron chi connectivity index (χ2n) is 17.6. The van der Waals surface area contributed by atoms with Crippen LogP contribution < -0.4 is 4.90 Å². The molecule has 0 fully saturated rings. The van der Waals surface area contributed by atoms with Crippen LogP contribution in [-0.4, -0.2) is 0 Å². The quantitative estimate of drug-likeness (QED) is 0.167. The Bertz CT molecular complexity index is 3790. The predicted molar refractivity (Wildman–Crippen MR) is 267 cm³/mol. The van der Waals surface area contributed by atoms with Crippen LogP contribution in [0.2, 0.25) is 0 Å². The summed E-state index contributed by atoms with van der Waals surface area (Å²) in [7, 11) is 0. The lowest BCUT2D eigenvalue weighted by Crippen LogP contribution is -2.16. The minimum atomic E-state index is -0.104. The fraction of sp³-hybridized carbons (Fsp3) is 0.0492. The minimum Gasteiger partial charge on any atom is -0.456 e. The van der Waals surface area contributed by atoms with Crippen LogP contribution in [-0.2, 0) is 5.41 Å². The summed E-state index contributed by atoms with van der Waals surface area (Å²) in [6.45, 7) is 4.72. The topological polar surface area (TPSA) is 29.5 Å². The molecule has 3 heteroatoms. The molecule has 3 nitrogen and oxygen atoms in total. The molecular formula is C61H41NO2. The smallest absolute Gasteiger partial charge is 0.143 e. The van der Waals surface area contributed by atoms with Crippen LogP contribution in [0.1, 0.15) is 25.0 Å². The largest absolute Gasteiger partial charge is 0.456 e. The van der Waals surface area contributed by atoms with E-state index in [1.54, 1.807) is 0 Å². The summed E-state index contributed by atoms with van der Waals surface area (Å²) in [5, 5.41) is 6.84. The number of anilines is 3. The van der Waals surface area contributed by atoms with Crippen LogP contribution in [0, 0.1) is 0 Å². The summed E-state index contributed by atoms with van der Waals surface area (Å²) in [4.78, 5) is 2.36. The van der Waals surface area contributed by atoms with E-state index in [9.17, 15) is 0 Å². The van der Waals surface area contributed by atoms with Gasteiger partial charge in [0.15, 0.2) is 0 Å². The molecule has 0 aliphatic heterocycles. The zero-order valence-corrected chi connectivity index (χ0v) is 35.5. The van der Waals surface area contributed by atoms with E-state index in [0.717, 1.165) is 88.6 Å². The van der Waals surface area contributed by atoms with E-state index >= 15 is 0 Å². The van der Waals surface area contributed by atoms with Crippen molar-refractivity contribution in [2.75, 3.05) is 4.90 Å². The first kappa shape index (κ1) is 36.5. The third kappa shape index (κ3) is 5.54. The molecule has 2 heterocycles. The van der Waals surface area contributed by atoms with Crippen molar-refractivity contribution < 1.29 is 8.83 Å². The van der Waals surface area contributed by atoms with Gasteiger partial charge in [-0.05, 0) is 128 Å². The fourth-order valence-corrected chi connectivity index (χ4v) is 10.6. The van der Waals surface area contributed by atoms with Crippen LogP contribution in [0.3, 0.4) is 0 Å². The Kier molecular flexibility index (Phi) is 7.95. The Labute approximate surface area is 371 Å². The average Bonchev–Trinajstić information content (AvgIpc) is 4.00. The zero-order valence-electron chi connectivity index (χ0n) is 35.5. The fourth-order valence-electron chi connectivity index (χ4n) is 10.6. The first-order chi connectivity index (χ1) is 31.5. The van der Waals surface area contributed by atoms with Gasteiger partial charge < -0.3 is 13.7 Å². The van der Waals surface area contributed by atoms with Crippen molar-refractivity contribution in [1.29, 1.82) is 0 Å². The lowest BCUT2D eigenvalue weighted by atomic mass is 9.79. The Morgan fingerprint density at radius 1 is 0.359 bits per heavy atom.